The minimum atomic E-state index is -0.511. The molecule has 6 nitrogen and oxygen atoms in total. The molecule has 3 aromatic carbocycles. The number of aromatic nitrogens is 1. The SMILES string of the molecule is O=C(CN1OCC2(COc3ccc(-c4cccnc4)cc32)c2ccccc21)Nc1ccccc1F. The Hall–Kier alpha value is -4.23. The number of carbonyl (C=O) groups is 1. The molecule has 0 fully saturated rings. The lowest BCUT2D eigenvalue weighted by Crippen LogP contribution is -2.47. The summed E-state index contributed by atoms with van der Waals surface area (Å²) in [6.07, 6.45) is 3.59. The summed E-state index contributed by atoms with van der Waals surface area (Å²) in [6.45, 7) is 0.663. The summed E-state index contributed by atoms with van der Waals surface area (Å²) in [5, 5.41) is 4.19. The van der Waals surface area contributed by atoms with E-state index in [1.165, 1.54) is 12.1 Å². The van der Waals surface area contributed by atoms with Crippen LogP contribution in [0.15, 0.2) is 91.3 Å². The maximum Gasteiger partial charge on any atom is 0.246 e. The van der Waals surface area contributed by atoms with Gasteiger partial charge in [0.25, 0.3) is 0 Å². The van der Waals surface area contributed by atoms with Crippen LogP contribution in [0.4, 0.5) is 15.8 Å². The van der Waals surface area contributed by atoms with Crippen molar-refractivity contribution < 1.29 is 18.8 Å². The molecule has 7 heteroatoms. The number of rotatable bonds is 4. The minimum absolute atomic E-state index is 0.0785. The Morgan fingerprint density at radius 1 is 0.971 bits per heavy atom. The summed E-state index contributed by atoms with van der Waals surface area (Å²) in [7, 11) is 0. The van der Waals surface area contributed by atoms with Gasteiger partial charge in [-0.25, -0.2) is 9.45 Å². The molecule has 174 valence electrons. The van der Waals surface area contributed by atoms with E-state index < -0.39 is 11.2 Å². The number of hydrogen-bond acceptors (Lipinski definition) is 5. The van der Waals surface area contributed by atoms with E-state index in [1.807, 2.05) is 48.7 Å². The highest BCUT2D eigenvalue weighted by molar-refractivity contribution is 5.94. The van der Waals surface area contributed by atoms with Gasteiger partial charge in [-0.3, -0.25) is 14.6 Å². The number of ether oxygens (including phenoxy) is 1. The summed E-state index contributed by atoms with van der Waals surface area (Å²) in [4.78, 5) is 23.1. The van der Waals surface area contributed by atoms with Crippen LogP contribution in [0.3, 0.4) is 0 Å². The summed E-state index contributed by atoms with van der Waals surface area (Å²) >= 11 is 0. The molecule has 2 aliphatic heterocycles. The van der Waals surface area contributed by atoms with Crippen molar-refractivity contribution in [2.45, 2.75) is 5.41 Å². The van der Waals surface area contributed by atoms with Crippen LogP contribution < -0.4 is 15.1 Å². The van der Waals surface area contributed by atoms with Gasteiger partial charge in [0.05, 0.1) is 23.4 Å². The number of benzene rings is 3. The largest absolute Gasteiger partial charge is 0.492 e. The molecular formula is C28H22FN3O3. The van der Waals surface area contributed by atoms with Crippen molar-refractivity contribution in [2.24, 2.45) is 0 Å². The van der Waals surface area contributed by atoms with Crippen molar-refractivity contribution in [3.8, 4) is 16.9 Å². The van der Waals surface area contributed by atoms with Crippen LogP contribution in [0.1, 0.15) is 11.1 Å². The average Bonchev–Trinajstić information content (AvgIpc) is 3.26. The second kappa shape index (κ2) is 8.52. The van der Waals surface area contributed by atoms with Gasteiger partial charge in [0, 0.05) is 23.5 Å². The first kappa shape index (κ1) is 21.3. The molecule has 0 saturated heterocycles. The van der Waals surface area contributed by atoms with Crippen molar-refractivity contribution in [3.05, 3.63) is 108 Å². The number of pyridine rings is 1. The predicted molar refractivity (Wildman–Crippen MR) is 131 cm³/mol. The molecule has 1 N–H and O–H groups in total. The fourth-order valence-electron chi connectivity index (χ4n) is 4.81. The molecule has 35 heavy (non-hydrogen) atoms. The van der Waals surface area contributed by atoms with Gasteiger partial charge in [0.2, 0.25) is 5.91 Å². The molecule has 1 amide bonds. The molecule has 0 radical (unpaired) electrons. The number of anilines is 2. The highest BCUT2D eigenvalue weighted by Gasteiger charge is 2.48. The third kappa shape index (κ3) is 3.70. The molecule has 0 aliphatic carbocycles. The van der Waals surface area contributed by atoms with Gasteiger partial charge in [-0.05, 0) is 47.5 Å². The van der Waals surface area contributed by atoms with E-state index in [1.54, 1.807) is 23.4 Å². The van der Waals surface area contributed by atoms with Gasteiger partial charge in [-0.1, -0.05) is 42.5 Å². The Morgan fingerprint density at radius 2 is 1.83 bits per heavy atom. The minimum Gasteiger partial charge on any atom is -0.492 e. The van der Waals surface area contributed by atoms with Crippen LogP contribution >= 0.6 is 0 Å². The molecule has 4 aromatic rings. The lowest BCUT2D eigenvalue weighted by atomic mass is 9.74. The van der Waals surface area contributed by atoms with Crippen LogP contribution in [0.25, 0.3) is 11.1 Å². The van der Waals surface area contributed by atoms with E-state index >= 15 is 0 Å². The molecule has 1 atom stereocenters. The van der Waals surface area contributed by atoms with E-state index in [2.05, 4.69) is 22.4 Å². The standard InChI is InChI=1S/C28H22FN3O3/c29-23-8-2-3-9-24(23)31-27(33)16-32-25-10-4-1-7-21(25)28(18-35-32)17-34-26-12-11-19(14-22(26)28)20-6-5-13-30-15-20/h1-15H,16-18H2,(H,31,33). The van der Waals surface area contributed by atoms with Gasteiger partial charge < -0.3 is 10.1 Å². The molecule has 1 spiro atoms. The Kier molecular flexibility index (Phi) is 5.19. The van der Waals surface area contributed by atoms with Gasteiger partial charge in [-0.15, -0.1) is 0 Å². The number of carbonyl (C=O) groups excluding carboxylic acids is 1. The Bertz CT molecular complexity index is 1410. The van der Waals surface area contributed by atoms with Crippen LogP contribution in [0.5, 0.6) is 5.75 Å². The normalized spacial score (nSPS) is 18.0. The predicted octanol–water partition coefficient (Wildman–Crippen LogP) is 4.96. The number of hydroxylamine groups is 1. The zero-order valence-electron chi connectivity index (χ0n) is 18.8. The first-order valence-electron chi connectivity index (χ1n) is 11.4. The van der Waals surface area contributed by atoms with E-state index in [9.17, 15) is 9.18 Å². The van der Waals surface area contributed by atoms with Crippen molar-refractivity contribution >= 4 is 17.3 Å². The Labute approximate surface area is 201 Å². The topological polar surface area (TPSA) is 63.7 Å². The van der Waals surface area contributed by atoms with Gasteiger partial charge >= 0.3 is 0 Å². The molecule has 1 unspecified atom stereocenters. The van der Waals surface area contributed by atoms with E-state index in [4.69, 9.17) is 9.57 Å². The number of amides is 1. The molecule has 6 rings (SSSR count). The lowest BCUT2D eigenvalue weighted by Gasteiger charge is -2.40. The number of para-hydroxylation sites is 2. The fraction of sp³-hybridized carbons (Fsp3) is 0.143. The highest BCUT2D eigenvalue weighted by Crippen LogP contribution is 2.50. The number of hydrogen-bond donors (Lipinski definition) is 1. The summed E-state index contributed by atoms with van der Waals surface area (Å²) in [5.41, 5.74) is 4.54. The first-order valence-corrected chi connectivity index (χ1v) is 11.4. The maximum atomic E-state index is 14.0. The van der Waals surface area contributed by atoms with Gasteiger partial charge in [0.15, 0.2) is 0 Å². The third-order valence-corrected chi connectivity index (χ3v) is 6.55. The quantitative estimate of drug-likeness (QED) is 0.460. The summed E-state index contributed by atoms with van der Waals surface area (Å²) in [6, 6.07) is 24.1. The smallest absolute Gasteiger partial charge is 0.246 e. The average molecular weight is 468 g/mol. The van der Waals surface area contributed by atoms with E-state index in [0.717, 1.165) is 33.7 Å². The number of nitrogens with zero attached hydrogens (tertiary/aromatic N) is 2. The summed E-state index contributed by atoms with van der Waals surface area (Å²) in [5.74, 6) is -0.0338. The second-order valence-electron chi connectivity index (χ2n) is 8.68. The zero-order valence-corrected chi connectivity index (χ0v) is 18.8. The van der Waals surface area contributed by atoms with Crippen LogP contribution in [0, 0.1) is 5.82 Å². The Morgan fingerprint density at radius 3 is 2.69 bits per heavy atom. The maximum absolute atomic E-state index is 14.0. The molecular weight excluding hydrogens is 445 g/mol. The number of fused-ring (bicyclic) bond motifs is 4. The fourth-order valence-corrected chi connectivity index (χ4v) is 4.81. The molecule has 1 aromatic heterocycles. The van der Waals surface area contributed by atoms with Crippen LogP contribution in [-0.4, -0.2) is 30.6 Å². The van der Waals surface area contributed by atoms with Crippen molar-refractivity contribution in [1.82, 2.24) is 4.98 Å². The van der Waals surface area contributed by atoms with Gasteiger partial charge in [-0.2, -0.15) is 0 Å². The molecule has 3 heterocycles. The lowest BCUT2D eigenvalue weighted by molar-refractivity contribution is -0.116. The molecule has 0 saturated carbocycles. The second-order valence-corrected chi connectivity index (χ2v) is 8.68. The molecule has 0 bridgehead atoms. The zero-order chi connectivity index (χ0) is 23.8. The number of halogens is 1. The van der Waals surface area contributed by atoms with Crippen molar-refractivity contribution in [1.29, 1.82) is 0 Å². The Balaban J connectivity index is 1.33. The van der Waals surface area contributed by atoms with Crippen LogP contribution in [0.2, 0.25) is 0 Å². The highest BCUT2D eigenvalue weighted by atomic mass is 19.1. The van der Waals surface area contributed by atoms with E-state index in [-0.39, 0.29) is 18.1 Å². The number of nitrogens with one attached hydrogen (secondary N) is 1. The van der Waals surface area contributed by atoms with Crippen molar-refractivity contribution in [2.75, 3.05) is 30.1 Å². The molecule has 2 aliphatic rings. The monoisotopic (exact) mass is 467 g/mol. The first-order chi connectivity index (χ1) is 17.1. The van der Waals surface area contributed by atoms with E-state index in [0.29, 0.717) is 13.2 Å². The third-order valence-electron chi connectivity index (χ3n) is 6.55. The van der Waals surface area contributed by atoms with Gasteiger partial charge in [0.1, 0.15) is 24.7 Å². The van der Waals surface area contributed by atoms with Crippen molar-refractivity contribution in [3.63, 3.8) is 0 Å². The van der Waals surface area contributed by atoms with Crippen LogP contribution in [-0.2, 0) is 15.0 Å². The summed E-state index contributed by atoms with van der Waals surface area (Å²) < 4.78 is 20.1.